The van der Waals surface area contributed by atoms with Gasteiger partial charge in [-0.3, -0.25) is 4.31 Å². The number of halogens is 3. The van der Waals surface area contributed by atoms with E-state index in [0.29, 0.717) is 35.4 Å². The molecular formula is C21H25F3N6O3S. The zero-order valence-corrected chi connectivity index (χ0v) is 19.6. The second-order valence-electron chi connectivity index (χ2n) is 7.65. The minimum Gasteiger partial charge on any atom is -0.392 e. The molecule has 1 aromatic carbocycles. The quantitative estimate of drug-likeness (QED) is 0.510. The highest BCUT2D eigenvalue weighted by Gasteiger charge is 2.35. The van der Waals surface area contributed by atoms with E-state index in [1.165, 1.54) is 7.05 Å². The number of nitrogens with zero attached hydrogens (tertiary/aromatic N) is 4. The van der Waals surface area contributed by atoms with Crippen molar-refractivity contribution in [3.05, 3.63) is 65.1 Å². The maximum atomic E-state index is 13.6. The molecule has 0 bridgehead atoms. The predicted octanol–water partition coefficient (Wildman–Crippen LogP) is 2.75. The molecule has 0 aliphatic carbocycles. The van der Waals surface area contributed by atoms with Gasteiger partial charge in [-0.25, -0.2) is 13.4 Å². The molecule has 1 aliphatic rings. The van der Waals surface area contributed by atoms with E-state index in [9.17, 15) is 21.6 Å². The summed E-state index contributed by atoms with van der Waals surface area (Å²) in [5, 5.41) is 14.7. The van der Waals surface area contributed by atoms with Crippen molar-refractivity contribution in [3.8, 4) is 0 Å². The van der Waals surface area contributed by atoms with E-state index in [1.807, 2.05) is 0 Å². The van der Waals surface area contributed by atoms with E-state index >= 15 is 0 Å². The fourth-order valence-corrected chi connectivity index (χ4v) is 3.85. The maximum absolute atomic E-state index is 13.6. The summed E-state index contributed by atoms with van der Waals surface area (Å²) < 4.78 is 66.0. The Kier molecular flexibility index (Phi) is 7.36. The van der Waals surface area contributed by atoms with Crippen LogP contribution in [0, 0.1) is 0 Å². The number of alkyl halides is 3. The Hall–Kier alpha value is -3.32. The third-order valence-electron chi connectivity index (χ3n) is 5.08. The number of hydrogen-bond donors (Lipinski definition) is 3. The average Bonchev–Trinajstić information content (AvgIpc) is 2.76. The van der Waals surface area contributed by atoms with Crippen molar-refractivity contribution in [3.63, 3.8) is 0 Å². The second kappa shape index (κ2) is 9.89. The lowest BCUT2D eigenvalue weighted by Gasteiger charge is -2.33. The minimum atomic E-state index is -4.70. The lowest BCUT2D eigenvalue weighted by molar-refractivity contribution is -0.137. The number of aliphatic hydroxyl groups excluding tert-OH is 1. The molecule has 0 radical (unpaired) electrons. The van der Waals surface area contributed by atoms with Crippen LogP contribution in [0.15, 0.2) is 54.0 Å². The van der Waals surface area contributed by atoms with Gasteiger partial charge in [-0.2, -0.15) is 18.2 Å². The van der Waals surface area contributed by atoms with E-state index in [2.05, 4.69) is 20.6 Å². The summed E-state index contributed by atoms with van der Waals surface area (Å²) in [5.74, 6) is -0.166. The standard InChI is InChI=1S/C21H25F3N6O3S/c1-29-10-4-5-15(19(29)30(2)34(3,32)33)11-25-18-17(21(22,23)24)12-26-20(28-18)27-16-8-6-14(13-31)7-9-16/h4-9,12,31H,10-11,13H2,1-3H3,(H2,25,26,27,28). The first-order valence-electron chi connectivity index (χ1n) is 10.1. The number of aromatic nitrogens is 2. The molecule has 0 spiro atoms. The smallest absolute Gasteiger partial charge is 0.392 e. The van der Waals surface area contributed by atoms with Crippen molar-refractivity contribution in [1.82, 2.24) is 19.2 Å². The van der Waals surface area contributed by atoms with Gasteiger partial charge in [0.2, 0.25) is 16.0 Å². The Morgan fingerprint density at radius 2 is 1.91 bits per heavy atom. The molecule has 9 nitrogen and oxygen atoms in total. The van der Waals surface area contributed by atoms with Gasteiger partial charge in [-0.1, -0.05) is 24.3 Å². The Labute approximate surface area is 195 Å². The van der Waals surface area contributed by atoms with Crippen molar-refractivity contribution >= 4 is 27.5 Å². The molecule has 34 heavy (non-hydrogen) atoms. The summed E-state index contributed by atoms with van der Waals surface area (Å²) >= 11 is 0. The van der Waals surface area contributed by atoms with Crippen LogP contribution in [0.4, 0.5) is 30.6 Å². The fraction of sp³-hybridized carbons (Fsp3) is 0.333. The first kappa shape index (κ1) is 25.3. The van der Waals surface area contributed by atoms with Crippen molar-refractivity contribution < 1.29 is 26.7 Å². The van der Waals surface area contributed by atoms with Crippen LogP contribution in [-0.2, 0) is 22.8 Å². The second-order valence-corrected chi connectivity index (χ2v) is 9.66. The maximum Gasteiger partial charge on any atom is 0.421 e. The van der Waals surface area contributed by atoms with Crippen LogP contribution < -0.4 is 10.6 Å². The molecule has 2 aromatic rings. The topological polar surface area (TPSA) is 111 Å². The number of nitrogens with one attached hydrogen (secondary N) is 2. The Morgan fingerprint density at radius 1 is 1.24 bits per heavy atom. The Balaban J connectivity index is 1.92. The molecule has 0 amide bonds. The molecule has 3 N–H and O–H groups in total. The van der Waals surface area contributed by atoms with Gasteiger partial charge < -0.3 is 20.6 Å². The highest BCUT2D eigenvalue weighted by molar-refractivity contribution is 7.88. The third-order valence-corrected chi connectivity index (χ3v) is 6.24. The van der Waals surface area contributed by atoms with Crippen LogP contribution in [0.1, 0.15) is 11.1 Å². The third kappa shape index (κ3) is 5.97. The number of likely N-dealkylation sites (N-methyl/N-ethyl adjacent to an activating group) is 1. The lowest BCUT2D eigenvalue weighted by Crippen LogP contribution is -2.37. The Bertz CT molecular complexity index is 1200. The SMILES string of the molecule is CN1CC=CC(CNc2nc(Nc3ccc(CO)cc3)ncc2C(F)(F)F)=C1N(C)S(C)(=O)=O. The summed E-state index contributed by atoms with van der Waals surface area (Å²) in [6.45, 7) is 0.199. The highest BCUT2D eigenvalue weighted by atomic mass is 32.2. The van der Waals surface area contributed by atoms with Crippen LogP contribution in [0.3, 0.4) is 0 Å². The average molecular weight is 499 g/mol. The molecule has 1 aromatic heterocycles. The summed E-state index contributed by atoms with van der Waals surface area (Å²) in [6.07, 6.45) is 0.475. The van der Waals surface area contributed by atoms with E-state index in [1.54, 1.807) is 48.4 Å². The molecule has 0 fully saturated rings. The summed E-state index contributed by atoms with van der Waals surface area (Å²) in [5.41, 5.74) is 0.623. The summed E-state index contributed by atoms with van der Waals surface area (Å²) in [6, 6.07) is 6.59. The first-order valence-corrected chi connectivity index (χ1v) is 11.9. The fourth-order valence-electron chi connectivity index (χ4n) is 3.28. The van der Waals surface area contributed by atoms with Crippen LogP contribution in [-0.4, -0.2) is 66.1 Å². The molecular weight excluding hydrogens is 473 g/mol. The van der Waals surface area contributed by atoms with Gasteiger partial charge in [0.1, 0.15) is 17.2 Å². The largest absolute Gasteiger partial charge is 0.421 e. The number of aliphatic hydroxyl groups is 1. The Morgan fingerprint density at radius 3 is 2.50 bits per heavy atom. The van der Waals surface area contributed by atoms with E-state index < -0.39 is 27.6 Å². The van der Waals surface area contributed by atoms with Gasteiger partial charge in [0.15, 0.2) is 0 Å². The molecule has 0 saturated heterocycles. The minimum absolute atomic E-state index is 0.0639. The van der Waals surface area contributed by atoms with E-state index in [-0.39, 0.29) is 19.1 Å². The predicted molar refractivity (Wildman–Crippen MR) is 123 cm³/mol. The number of benzene rings is 1. The number of anilines is 3. The number of rotatable bonds is 8. The molecule has 1 aliphatic heterocycles. The van der Waals surface area contributed by atoms with Crippen LogP contribution in [0.25, 0.3) is 0 Å². The van der Waals surface area contributed by atoms with Gasteiger partial charge in [-0.15, -0.1) is 0 Å². The molecule has 0 unspecified atom stereocenters. The van der Waals surface area contributed by atoms with Crippen LogP contribution in [0.5, 0.6) is 0 Å². The number of sulfonamides is 1. The highest BCUT2D eigenvalue weighted by Crippen LogP contribution is 2.34. The zero-order valence-electron chi connectivity index (χ0n) is 18.8. The molecule has 3 rings (SSSR count). The van der Waals surface area contributed by atoms with Gasteiger partial charge in [0.25, 0.3) is 0 Å². The van der Waals surface area contributed by atoms with Crippen molar-refractivity contribution in [2.75, 3.05) is 44.1 Å². The number of hydrogen-bond acceptors (Lipinski definition) is 8. The van der Waals surface area contributed by atoms with Crippen molar-refractivity contribution in [1.29, 1.82) is 0 Å². The van der Waals surface area contributed by atoms with Crippen molar-refractivity contribution in [2.45, 2.75) is 12.8 Å². The summed E-state index contributed by atoms with van der Waals surface area (Å²) in [4.78, 5) is 9.46. The molecule has 184 valence electrons. The van der Waals surface area contributed by atoms with Crippen LogP contribution >= 0.6 is 0 Å². The lowest BCUT2D eigenvalue weighted by atomic mass is 10.1. The molecule has 13 heteroatoms. The normalized spacial score (nSPS) is 14.4. The van der Waals surface area contributed by atoms with Crippen molar-refractivity contribution in [2.24, 2.45) is 0 Å². The zero-order chi connectivity index (χ0) is 25.1. The molecule has 0 atom stereocenters. The van der Waals surface area contributed by atoms with Gasteiger partial charge in [0, 0.05) is 44.6 Å². The monoisotopic (exact) mass is 498 g/mol. The molecule has 0 saturated carbocycles. The van der Waals surface area contributed by atoms with Crippen LogP contribution in [0.2, 0.25) is 0 Å². The summed E-state index contributed by atoms with van der Waals surface area (Å²) in [7, 11) is -0.512. The molecule has 2 heterocycles. The van der Waals surface area contributed by atoms with Gasteiger partial charge >= 0.3 is 6.18 Å². The van der Waals surface area contributed by atoms with E-state index in [0.717, 1.165) is 10.6 Å². The first-order chi connectivity index (χ1) is 15.9. The van der Waals surface area contributed by atoms with Gasteiger partial charge in [0.05, 0.1) is 12.9 Å². The van der Waals surface area contributed by atoms with Gasteiger partial charge in [-0.05, 0) is 17.7 Å². The van der Waals surface area contributed by atoms with E-state index in [4.69, 9.17) is 5.11 Å².